The molecule has 2 heterocycles. The summed E-state index contributed by atoms with van der Waals surface area (Å²) in [6.07, 6.45) is 5.28. The van der Waals surface area contributed by atoms with Crippen LogP contribution in [0.3, 0.4) is 0 Å². The summed E-state index contributed by atoms with van der Waals surface area (Å²) >= 11 is 6.26. The van der Waals surface area contributed by atoms with Gasteiger partial charge >= 0.3 is 0 Å². The highest BCUT2D eigenvalue weighted by Gasteiger charge is 2.37. The van der Waals surface area contributed by atoms with Gasteiger partial charge in [0.2, 0.25) is 10.0 Å². The smallest absolute Gasteiger partial charge is 0.245 e. The number of hydrogen-bond donors (Lipinski definition) is 1. The summed E-state index contributed by atoms with van der Waals surface area (Å²) in [5, 5.41) is 3.52. The fourth-order valence-corrected chi connectivity index (χ4v) is 5.32. The molecule has 0 bridgehead atoms. The van der Waals surface area contributed by atoms with Crippen LogP contribution in [0.5, 0.6) is 0 Å². The minimum absolute atomic E-state index is 0.182. The maximum absolute atomic E-state index is 13.4. The van der Waals surface area contributed by atoms with Crippen LogP contribution in [0.2, 0.25) is 5.02 Å². The van der Waals surface area contributed by atoms with Crippen LogP contribution in [-0.2, 0) is 23.5 Å². The molecule has 1 N–H and O–H groups in total. The number of nitrogens with zero attached hydrogens (tertiary/aromatic N) is 3. The van der Waals surface area contributed by atoms with Crippen molar-refractivity contribution in [1.82, 2.24) is 19.2 Å². The number of halogens is 1. The molecule has 25 heavy (non-hydrogen) atoms. The third kappa shape index (κ3) is 3.60. The second-order valence-electron chi connectivity index (χ2n) is 6.25. The molecule has 136 valence electrons. The quantitative estimate of drug-likeness (QED) is 0.862. The number of aromatic nitrogens is 2. The second-order valence-corrected chi connectivity index (χ2v) is 8.51. The van der Waals surface area contributed by atoms with Crippen molar-refractivity contribution in [3.8, 4) is 0 Å². The van der Waals surface area contributed by atoms with Gasteiger partial charge in [0.05, 0.1) is 11.1 Å². The Labute approximate surface area is 153 Å². The molecule has 6 nitrogen and oxygen atoms in total. The van der Waals surface area contributed by atoms with Crippen LogP contribution in [0.4, 0.5) is 0 Å². The minimum Gasteiger partial charge on any atom is -0.337 e. The molecular weight excluding hydrogens is 360 g/mol. The summed E-state index contributed by atoms with van der Waals surface area (Å²) < 4.78 is 30.1. The molecule has 0 aliphatic carbocycles. The van der Waals surface area contributed by atoms with Gasteiger partial charge in [0.15, 0.2) is 0 Å². The normalized spacial score (nSPS) is 19.2. The van der Waals surface area contributed by atoms with Gasteiger partial charge in [-0.15, -0.1) is 0 Å². The Hall–Kier alpha value is -1.41. The highest BCUT2D eigenvalue weighted by molar-refractivity contribution is 7.89. The van der Waals surface area contributed by atoms with Crippen LogP contribution < -0.4 is 5.32 Å². The molecule has 1 fully saturated rings. The van der Waals surface area contributed by atoms with E-state index in [1.807, 2.05) is 23.9 Å². The second kappa shape index (κ2) is 7.45. The highest BCUT2D eigenvalue weighted by atomic mass is 35.5. The Morgan fingerprint density at radius 3 is 2.88 bits per heavy atom. The number of aryl methyl sites for hydroxylation is 2. The van der Waals surface area contributed by atoms with Gasteiger partial charge in [-0.05, 0) is 24.1 Å². The van der Waals surface area contributed by atoms with Crippen molar-refractivity contribution in [2.75, 3.05) is 19.6 Å². The van der Waals surface area contributed by atoms with Gasteiger partial charge in [-0.1, -0.05) is 31.0 Å². The predicted molar refractivity (Wildman–Crippen MR) is 98.2 cm³/mol. The minimum atomic E-state index is -3.72. The lowest BCUT2D eigenvalue weighted by molar-refractivity contribution is 0.258. The molecule has 1 aromatic heterocycles. The van der Waals surface area contributed by atoms with Crippen LogP contribution in [0.15, 0.2) is 35.5 Å². The summed E-state index contributed by atoms with van der Waals surface area (Å²) in [6.45, 7) is 3.58. The van der Waals surface area contributed by atoms with Crippen LogP contribution >= 0.6 is 11.6 Å². The average Bonchev–Trinajstić information content (AvgIpc) is 3.02. The molecular formula is C17H23ClN4O2S. The molecule has 0 spiro atoms. The van der Waals surface area contributed by atoms with Gasteiger partial charge in [-0.25, -0.2) is 13.4 Å². The van der Waals surface area contributed by atoms with Crippen molar-refractivity contribution in [1.29, 1.82) is 0 Å². The van der Waals surface area contributed by atoms with Crippen molar-refractivity contribution < 1.29 is 8.42 Å². The van der Waals surface area contributed by atoms with E-state index in [2.05, 4.69) is 17.2 Å². The Morgan fingerprint density at radius 1 is 1.40 bits per heavy atom. The van der Waals surface area contributed by atoms with E-state index in [-0.39, 0.29) is 16.0 Å². The van der Waals surface area contributed by atoms with Crippen molar-refractivity contribution in [2.24, 2.45) is 7.05 Å². The Bertz CT molecular complexity index is 850. The first-order valence-corrected chi connectivity index (χ1v) is 10.2. The third-order valence-electron chi connectivity index (χ3n) is 4.47. The topological polar surface area (TPSA) is 67.2 Å². The summed E-state index contributed by atoms with van der Waals surface area (Å²) in [6, 6.07) is 4.92. The number of benzene rings is 1. The monoisotopic (exact) mass is 382 g/mol. The largest absolute Gasteiger partial charge is 0.337 e. The summed E-state index contributed by atoms with van der Waals surface area (Å²) in [4.78, 5) is 4.53. The van der Waals surface area contributed by atoms with E-state index in [0.29, 0.717) is 19.6 Å². The number of rotatable bonds is 5. The zero-order valence-electron chi connectivity index (χ0n) is 14.4. The Balaban J connectivity index is 2.03. The van der Waals surface area contributed by atoms with E-state index < -0.39 is 10.0 Å². The fourth-order valence-electron chi connectivity index (χ4n) is 3.21. The van der Waals surface area contributed by atoms with E-state index in [1.54, 1.807) is 18.3 Å². The molecule has 1 atom stereocenters. The number of imidazole rings is 1. The van der Waals surface area contributed by atoms with Crippen molar-refractivity contribution >= 4 is 21.6 Å². The maximum atomic E-state index is 13.4. The van der Waals surface area contributed by atoms with E-state index in [1.165, 1.54) is 4.31 Å². The lowest BCUT2D eigenvalue weighted by Gasteiger charge is -2.34. The number of nitrogens with one attached hydrogen (secondary N) is 1. The molecule has 1 aliphatic heterocycles. The van der Waals surface area contributed by atoms with E-state index in [0.717, 1.165) is 24.2 Å². The SMILES string of the molecule is CCCc1ccc(Cl)c(S(=O)(=O)N2CCNCC2c2nccn2C)c1. The molecule has 3 rings (SSSR count). The molecule has 0 radical (unpaired) electrons. The predicted octanol–water partition coefficient (Wildman–Crippen LogP) is 2.36. The summed E-state index contributed by atoms with van der Waals surface area (Å²) in [5.41, 5.74) is 0.981. The standard InChI is InChI=1S/C17H23ClN4O2S/c1-3-4-13-5-6-14(18)16(11-13)25(23,24)22-10-7-19-12-15(22)17-20-8-9-21(17)2/h5-6,8-9,11,15,19H,3-4,7,10,12H2,1-2H3. The highest BCUT2D eigenvalue weighted by Crippen LogP contribution is 2.32. The molecule has 0 amide bonds. The van der Waals surface area contributed by atoms with Crippen molar-refractivity contribution in [3.05, 3.63) is 47.0 Å². The van der Waals surface area contributed by atoms with Gasteiger partial charge in [0, 0.05) is 39.1 Å². The first-order chi connectivity index (χ1) is 11.9. The van der Waals surface area contributed by atoms with Crippen LogP contribution in [0, 0.1) is 0 Å². The van der Waals surface area contributed by atoms with Crippen LogP contribution in [0.25, 0.3) is 0 Å². The number of sulfonamides is 1. The van der Waals surface area contributed by atoms with Crippen LogP contribution in [0.1, 0.15) is 30.8 Å². The summed E-state index contributed by atoms with van der Waals surface area (Å²) in [7, 11) is -1.85. The average molecular weight is 383 g/mol. The van der Waals surface area contributed by atoms with E-state index >= 15 is 0 Å². The van der Waals surface area contributed by atoms with E-state index in [4.69, 9.17) is 11.6 Å². The number of hydrogen-bond acceptors (Lipinski definition) is 4. The molecule has 0 saturated carbocycles. The van der Waals surface area contributed by atoms with Gasteiger partial charge in [0.25, 0.3) is 0 Å². The van der Waals surface area contributed by atoms with Crippen LogP contribution in [-0.4, -0.2) is 41.9 Å². The molecule has 1 unspecified atom stereocenters. The zero-order chi connectivity index (χ0) is 18.0. The van der Waals surface area contributed by atoms with Gasteiger partial charge < -0.3 is 9.88 Å². The molecule has 8 heteroatoms. The molecule has 2 aromatic rings. The lowest BCUT2D eigenvalue weighted by Crippen LogP contribution is -2.49. The lowest BCUT2D eigenvalue weighted by atomic mass is 10.1. The van der Waals surface area contributed by atoms with Gasteiger partial charge in [-0.2, -0.15) is 4.31 Å². The maximum Gasteiger partial charge on any atom is 0.245 e. The van der Waals surface area contributed by atoms with Crippen molar-refractivity contribution in [3.63, 3.8) is 0 Å². The van der Waals surface area contributed by atoms with Crippen molar-refractivity contribution in [2.45, 2.75) is 30.7 Å². The molecule has 1 aliphatic rings. The third-order valence-corrected chi connectivity index (χ3v) is 6.86. The van der Waals surface area contributed by atoms with Gasteiger partial charge in [-0.3, -0.25) is 0 Å². The van der Waals surface area contributed by atoms with Gasteiger partial charge in [0.1, 0.15) is 10.7 Å². The fraction of sp³-hybridized carbons (Fsp3) is 0.471. The zero-order valence-corrected chi connectivity index (χ0v) is 16.0. The number of piperazine rings is 1. The van der Waals surface area contributed by atoms with E-state index in [9.17, 15) is 8.42 Å². The first kappa shape index (κ1) is 18.4. The molecule has 1 aromatic carbocycles. The Kier molecular flexibility index (Phi) is 5.48. The Morgan fingerprint density at radius 2 is 2.20 bits per heavy atom. The first-order valence-electron chi connectivity index (χ1n) is 8.43. The summed E-state index contributed by atoms with van der Waals surface area (Å²) in [5.74, 6) is 0.719. The molecule has 1 saturated heterocycles.